The van der Waals surface area contributed by atoms with Gasteiger partial charge in [0.1, 0.15) is 5.75 Å². The summed E-state index contributed by atoms with van der Waals surface area (Å²) < 4.78 is 0. The molecule has 3 aliphatic carbocycles. The van der Waals surface area contributed by atoms with E-state index >= 15 is 0 Å². The lowest BCUT2D eigenvalue weighted by atomic mass is 9.50. The average Bonchev–Trinajstić information content (AvgIpc) is 2.60. The van der Waals surface area contributed by atoms with Crippen molar-refractivity contribution in [3.63, 3.8) is 0 Å². The van der Waals surface area contributed by atoms with Crippen molar-refractivity contribution in [1.29, 1.82) is 0 Å². The molecule has 1 aromatic rings. The van der Waals surface area contributed by atoms with E-state index in [1.807, 2.05) is 12.1 Å². The van der Waals surface area contributed by atoms with Gasteiger partial charge in [0.05, 0.1) is 6.10 Å². The number of rotatable bonds is 7. The Morgan fingerprint density at radius 2 is 1.52 bits per heavy atom. The first-order chi connectivity index (χ1) is 11.1. The number of benzene rings is 1. The van der Waals surface area contributed by atoms with Gasteiger partial charge in [0.2, 0.25) is 0 Å². The van der Waals surface area contributed by atoms with E-state index in [4.69, 9.17) is 0 Å². The van der Waals surface area contributed by atoms with Crippen molar-refractivity contribution in [2.45, 2.75) is 89.1 Å². The summed E-state index contributed by atoms with van der Waals surface area (Å²) in [5.41, 5.74) is 1.89. The third kappa shape index (κ3) is 3.28. The molecule has 1 unspecified atom stereocenters. The average molecular weight is 316 g/mol. The van der Waals surface area contributed by atoms with Crippen LogP contribution >= 0.6 is 0 Å². The third-order valence-corrected chi connectivity index (χ3v) is 6.82. The van der Waals surface area contributed by atoms with Crippen LogP contribution < -0.4 is 0 Å². The summed E-state index contributed by atoms with van der Waals surface area (Å²) in [5, 5.41) is 20.3. The van der Waals surface area contributed by atoms with Gasteiger partial charge in [-0.25, -0.2) is 0 Å². The van der Waals surface area contributed by atoms with Crippen molar-refractivity contribution in [2.24, 2.45) is 5.41 Å². The Hall–Kier alpha value is -1.02. The van der Waals surface area contributed by atoms with Gasteiger partial charge in [-0.3, -0.25) is 0 Å². The Morgan fingerprint density at radius 1 is 0.913 bits per heavy atom. The molecule has 2 nitrogen and oxygen atoms in total. The van der Waals surface area contributed by atoms with E-state index in [0.717, 1.165) is 6.42 Å². The second-order valence-corrected chi connectivity index (χ2v) is 8.05. The Labute approximate surface area is 140 Å². The topological polar surface area (TPSA) is 40.5 Å². The summed E-state index contributed by atoms with van der Waals surface area (Å²) in [6, 6.07) is 7.86. The number of hydrogen-bond acceptors (Lipinski definition) is 2. The number of aliphatic hydroxyl groups is 1. The van der Waals surface area contributed by atoms with Gasteiger partial charge >= 0.3 is 0 Å². The van der Waals surface area contributed by atoms with Crippen LogP contribution in [0, 0.1) is 5.41 Å². The fourth-order valence-electron chi connectivity index (χ4n) is 5.03. The van der Waals surface area contributed by atoms with E-state index in [2.05, 4.69) is 19.1 Å². The highest BCUT2D eigenvalue weighted by Gasteiger charge is 2.51. The van der Waals surface area contributed by atoms with Crippen LogP contribution in [0.25, 0.3) is 0 Å². The zero-order valence-electron chi connectivity index (χ0n) is 14.6. The second-order valence-electron chi connectivity index (χ2n) is 8.05. The van der Waals surface area contributed by atoms with Gasteiger partial charge in [-0.15, -0.1) is 0 Å². The minimum absolute atomic E-state index is 0.0996. The largest absolute Gasteiger partial charge is 0.508 e. The Morgan fingerprint density at radius 3 is 2.09 bits per heavy atom. The lowest BCUT2D eigenvalue weighted by molar-refractivity contribution is -0.0682. The van der Waals surface area contributed by atoms with Crippen molar-refractivity contribution in [3.8, 4) is 5.75 Å². The molecule has 1 aromatic carbocycles. The van der Waals surface area contributed by atoms with Crippen molar-refractivity contribution >= 4 is 0 Å². The van der Waals surface area contributed by atoms with E-state index in [0.29, 0.717) is 11.2 Å². The van der Waals surface area contributed by atoms with Gasteiger partial charge in [0, 0.05) is 0 Å². The number of aliphatic hydroxyl groups excluding tert-OH is 1. The first-order valence-corrected chi connectivity index (χ1v) is 9.58. The van der Waals surface area contributed by atoms with E-state index < -0.39 is 0 Å². The summed E-state index contributed by atoms with van der Waals surface area (Å²) in [6.07, 6.45) is 13.0. The van der Waals surface area contributed by atoms with E-state index in [1.165, 1.54) is 69.8 Å². The smallest absolute Gasteiger partial charge is 0.115 e. The number of aromatic hydroxyl groups is 1. The van der Waals surface area contributed by atoms with Gasteiger partial charge in [0.25, 0.3) is 0 Å². The number of fused-ring (bicyclic) bond motifs is 3. The molecule has 0 aliphatic heterocycles. The first kappa shape index (κ1) is 16.8. The molecule has 2 bridgehead atoms. The van der Waals surface area contributed by atoms with E-state index in [9.17, 15) is 10.2 Å². The maximum absolute atomic E-state index is 10.8. The zero-order valence-corrected chi connectivity index (χ0v) is 14.6. The van der Waals surface area contributed by atoms with Crippen molar-refractivity contribution < 1.29 is 10.2 Å². The van der Waals surface area contributed by atoms with Crippen LogP contribution in [0.2, 0.25) is 0 Å². The van der Waals surface area contributed by atoms with E-state index in [1.54, 1.807) is 0 Å². The normalized spacial score (nSPS) is 31.2. The van der Waals surface area contributed by atoms with Crippen molar-refractivity contribution in [3.05, 3.63) is 29.8 Å². The first-order valence-electron chi connectivity index (χ1n) is 9.58. The van der Waals surface area contributed by atoms with Crippen LogP contribution in [0.15, 0.2) is 24.3 Å². The molecule has 0 saturated heterocycles. The van der Waals surface area contributed by atoms with Crippen LogP contribution in [-0.4, -0.2) is 16.3 Å². The predicted octanol–water partition coefficient (Wildman–Crippen LogP) is 5.32. The second kappa shape index (κ2) is 6.84. The summed E-state index contributed by atoms with van der Waals surface area (Å²) in [7, 11) is 0. The number of hydrogen-bond donors (Lipinski definition) is 2. The fourth-order valence-corrected chi connectivity index (χ4v) is 5.03. The number of unbranched alkanes of at least 4 members (excludes halogenated alkanes) is 3. The molecule has 2 heteroatoms. The molecule has 3 aliphatic rings. The summed E-state index contributed by atoms with van der Waals surface area (Å²) >= 11 is 0. The molecular weight excluding hydrogens is 284 g/mol. The van der Waals surface area contributed by atoms with Gasteiger partial charge in [0.15, 0.2) is 0 Å². The summed E-state index contributed by atoms with van der Waals surface area (Å²) in [4.78, 5) is 0. The lowest BCUT2D eigenvalue weighted by Gasteiger charge is -2.55. The highest BCUT2D eigenvalue weighted by molar-refractivity contribution is 5.33. The Balaban J connectivity index is 1.61. The Kier molecular flexibility index (Phi) is 5.01. The van der Waals surface area contributed by atoms with Gasteiger partial charge in [-0.1, -0.05) is 44.7 Å². The third-order valence-electron chi connectivity index (χ3n) is 6.82. The van der Waals surface area contributed by atoms with Crippen molar-refractivity contribution in [1.82, 2.24) is 0 Å². The maximum Gasteiger partial charge on any atom is 0.115 e. The summed E-state index contributed by atoms with van der Waals surface area (Å²) in [5.74, 6) is 0.355. The van der Waals surface area contributed by atoms with Crippen LogP contribution in [0.1, 0.15) is 83.1 Å². The van der Waals surface area contributed by atoms with Gasteiger partial charge < -0.3 is 10.2 Å². The van der Waals surface area contributed by atoms with Crippen LogP contribution in [0.3, 0.4) is 0 Å². The minimum atomic E-state index is -0.0996. The molecule has 0 aromatic heterocycles. The monoisotopic (exact) mass is 316 g/mol. The lowest BCUT2D eigenvalue weighted by Crippen LogP contribution is -2.49. The van der Waals surface area contributed by atoms with Crippen molar-refractivity contribution in [2.75, 3.05) is 0 Å². The molecule has 0 radical (unpaired) electrons. The van der Waals surface area contributed by atoms with Gasteiger partial charge in [-0.2, -0.15) is 0 Å². The summed E-state index contributed by atoms with van der Waals surface area (Å²) in [6.45, 7) is 2.24. The molecule has 3 saturated carbocycles. The molecule has 0 heterocycles. The Bertz CT molecular complexity index is 481. The number of phenols is 1. The molecule has 0 spiro atoms. The molecule has 23 heavy (non-hydrogen) atoms. The fraction of sp³-hybridized carbons (Fsp3) is 0.714. The predicted molar refractivity (Wildman–Crippen MR) is 94.7 cm³/mol. The van der Waals surface area contributed by atoms with Crippen LogP contribution in [-0.2, 0) is 5.41 Å². The standard InChI is InChI=1S/C21H32O2/c1-2-3-4-5-6-19(23)21-14-11-20(12-15-21,13-16-21)17-7-9-18(22)10-8-17/h7-10,19,22-23H,2-6,11-16H2,1H3. The minimum Gasteiger partial charge on any atom is -0.508 e. The molecule has 2 N–H and O–H groups in total. The highest BCUT2D eigenvalue weighted by atomic mass is 16.3. The quantitative estimate of drug-likeness (QED) is 0.669. The molecule has 128 valence electrons. The zero-order chi connectivity index (χ0) is 16.3. The SMILES string of the molecule is CCCCCCC(O)C12CCC(c3ccc(O)cc3)(CC1)CC2. The number of phenolic OH excluding ortho intramolecular Hbond substituents is 1. The molecular formula is C21H32O2. The maximum atomic E-state index is 10.8. The van der Waals surface area contributed by atoms with Gasteiger partial charge in [-0.05, 0) is 73.5 Å². The molecule has 3 fully saturated rings. The van der Waals surface area contributed by atoms with E-state index in [-0.39, 0.29) is 11.5 Å². The van der Waals surface area contributed by atoms with Crippen LogP contribution in [0.5, 0.6) is 5.75 Å². The highest BCUT2D eigenvalue weighted by Crippen LogP contribution is 2.59. The molecule has 0 amide bonds. The molecule has 1 atom stereocenters. The van der Waals surface area contributed by atoms with Crippen LogP contribution in [0.4, 0.5) is 0 Å². The molecule has 4 rings (SSSR count).